The Bertz CT molecular complexity index is 574. The lowest BCUT2D eigenvalue weighted by Gasteiger charge is -2.15. The minimum absolute atomic E-state index is 0. The fourth-order valence-electron chi connectivity index (χ4n) is 2.73. The summed E-state index contributed by atoms with van der Waals surface area (Å²) < 4.78 is 5.78. The summed E-state index contributed by atoms with van der Waals surface area (Å²) in [6.07, 6.45) is 3.07. The number of para-hydroxylation sites is 1. The van der Waals surface area contributed by atoms with Gasteiger partial charge in [-0.3, -0.25) is 4.79 Å². The summed E-state index contributed by atoms with van der Waals surface area (Å²) >= 11 is 0. The van der Waals surface area contributed by atoms with Crippen LogP contribution in [0.1, 0.15) is 31.7 Å². The van der Waals surface area contributed by atoms with E-state index in [0.717, 1.165) is 56.8 Å². The normalized spacial score (nSPS) is 13.9. The van der Waals surface area contributed by atoms with Crippen LogP contribution in [0.3, 0.4) is 0 Å². The van der Waals surface area contributed by atoms with E-state index in [0.29, 0.717) is 12.6 Å². The third kappa shape index (κ3) is 7.80. The van der Waals surface area contributed by atoms with Crippen LogP contribution in [0.5, 0.6) is 5.75 Å². The van der Waals surface area contributed by atoms with Crippen molar-refractivity contribution in [1.29, 1.82) is 0 Å². The molecule has 1 aliphatic rings. The fraction of sp³-hybridized carbons (Fsp3) is 0.579. The SMILES string of the molecule is CCNC(=NCC(=O)N1CCCC1)NCCCOc1ccccc1C.I. The molecule has 1 aliphatic heterocycles. The van der Waals surface area contributed by atoms with E-state index in [1.807, 2.05) is 43.0 Å². The van der Waals surface area contributed by atoms with Gasteiger partial charge in [-0.15, -0.1) is 24.0 Å². The van der Waals surface area contributed by atoms with Crippen molar-refractivity contribution < 1.29 is 9.53 Å². The Morgan fingerprint density at radius 2 is 1.96 bits per heavy atom. The van der Waals surface area contributed by atoms with Gasteiger partial charge in [0.2, 0.25) is 5.91 Å². The molecule has 2 N–H and O–H groups in total. The molecule has 0 aromatic heterocycles. The molecular weight excluding hydrogens is 443 g/mol. The van der Waals surface area contributed by atoms with Gasteiger partial charge in [-0.2, -0.15) is 0 Å². The molecule has 0 atom stereocenters. The first-order valence-electron chi connectivity index (χ1n) is 9.19. The fourth-order valence-corrected chi connectivity index (χ4v) is 2.73. The molecule has 0 unspecified atom stereocenters. The summed E-state index contributed by atoms with van der Waals surface area (Å²) in [6.45, 7) is 8.16. The Morgan fingerprint density at radius 1 is 1.23 bits per heavy atom. The standard InChI is InChI=1S/C19H30N4O2.HI/c1-3-20-19(22-15-18(24)23-12-6-7-13-23)21-11-8-14-25-17-10-5-4-9-16(17)2;/h4-5,9-10H,3,6-8,11-15H2,1-2H3,(H2,20,21,22);1H. The molecule has 26 heavy (non-hydrogen) atoms. The molecule has 0 saturated carbocycles. The van der Waals surface area contributed by atoms with Gasteiger partial charge in [0.1, 0.15) is 12.3 Å². The third-order valence-corrected chi connectivity index (χ3v) is 4.14. The average Bonchev–Trinajstić information content (AvgIpc) is 3.15. The zero-order chi connectivity index (χ0) is 17.9. The van der Waals surface area contributed by atoms with Gasteiger partial charge in [0.25, 0.3) is 0 Å². The number of carbonyl (C=O) groups excluding carboxylic acids is 1. The molecule has 2 rings (SSSR count). The van der Waals surface area contributed by atoms with E-state index in [1.165, 1.54) is 0 Å². The maximum absolute atomic E-state index is 12.1. The predicted octanol–water partition coefficient (Wildman–Crippen LogP) is 2.56. The first kappa shape index (κ1) is 22.5. The molecular formula is C19H31IN4O2. The van der Waals surface area contributed by atoms with E-state index in [9.17, 15) is 4.79 Å². The van der Waals surface area contributed by atoms with Gasteiger partial charge in [0.05, 0.1) is 6.61 Å². The Morgan fingerprint density at radius 3 is 2.65 bits per heavy atom. The number of likely N-dealkylation sites (tertiary alicyclic amines) is 1. The van der Waals surface area contributed by atoms with Gasteiger partial charge in [-0.25, -0.2) is 4.99 Å². The van der Waals surface area contributed by atoms with Crippen LogP contribution in [0, 0.1) is 6.92 Å². The zero-order valence-electron chi connectivity index (χ0n) is 15.8. The second kappa shape index (κ2) is 12.8. The topological polar surface area (TPSA) is 66.0 Å². The largest absolute Gasteiger partial charge is 0.493 e. The van der Waals surface area contributed by atoms with Crippen LogP contribution < -0.4 is 15.4 Å². The van der Waals surface area contributed by atoms with Gasteiger partial charge in [0.15, 0.2) is 5.96 Å². The summed E-state index contributed by atoms with van der Waals surface area (Å²) in [5, 5.41) is 6.43. The quantitative estimate of drug-likeness (QED) is 0.263. The molecule has 1 saturated heterocycles. The number of guanidine groups is 1. The molecule has 0 spiro atoms. The Labute approximate surface area is 173 Å². The van der Waals surface area contributed by atoms with Crippen LogP contribution in [0.25, 0.3) is 0 Å². The number of halogens is 1. The Kier molecular flexibility index (Phi) is 11.1. The molecule has 0 bridgehead atoms. The number of nitrogens with zero attached hydrogens (tertiary/aromatic N) is 2. The van der Waals surface area contributed by atoms with Gasteiger partial charge in [-0.05, 0) is 44.7 Å². The van der Waals surface area contributed by atoms with Crippen molar-refractivity contribution in [3.8, 4) is 5.75 Å². The minimum atomic E-state index is 0. The van der Waals surface area contributed by atoms with Gasteiger partial charge in [-0.1, -0.05) is 18.2 Å². The molecule has 1 amide bonds. The lowest BCUT2D eigenvalue weighted by atomic mass is 10.2. The lowest BCUT2D eigenvalue weighted by molar-refractivity contribution is -0.128. The molecule has 7 heteroatoms. The van der Waals surface area contributed by atoms with Crippen molar-refractivity contribution in [3.63, 3.8) is 0 Å². The maximum Gasteiger partial charge on any atom is 0.244 e. The van der Waals surface area contributed by atoms with E-state index in [4.69, 9.17) is 4.74 Å². The van der Waals surface area contributed by atoms with Crippen LogP contribution in [-0.4, -0.2) is 56.1 Å². The molecule has 1 heterocycles. The highest BCUT2D eigenvalue weighted by Crippen LogP contribution is 2.15. The highest BCUT2D eigenvalue weighted by Gasteiger charge is 2.17. The molecule has 1 aromatic rings. The predicted molar refractivity (Wildman–Crippen MR) is 117 cm³/mol. The number of rotatable bonds is 8. The minimum Gasteiger partial charge on any atom is -0.493 e. The number of carbonyl (C=O) groups is 1. The number of aryl methyl sites for hydroxylation is 1. The first-order valence-corrected chi connectivity index (χ1v) is 9.19. The summed E-state index contributed by atoms with van der Waals surface area (Å²) in [5.74, 6) is 1.72. The molecule has 6 nitrogen and oxygen atoms in total. The number of benzene rings is 1. The maximum atomic E-state index is 12.1. The summed E-state index contributed by atoms with van der Waals surface area (Å²) in [7, 11) is 0. The van der Waals surface area contributed by atoms with Gasteiger partial charge in [0, 0.05) is 26.2 Å². The van der Waals surface area contributed by atoms with E-state index < -0.39 is 0 Å². The van der Waals surface area contributed by atoms with Crippen molar-refractivity contribution in [2.24, 2.45) is 4.99 Å². The van der Waals surface area contributed by atoms with Crippen LogP contribution in [0.4, 0.5) is 0 Å². The summed E-state index contributed by atoms with van der Waals surface area (Å²) in [5.41, 5.74) is 1.14. The molecule has 146 valence electrons. The molecule has 1 aromatic carbocycles. The first-order chi connectivity index (χ1) is 12.2. The van der Waals surface area contributed by atoms with Crippen LogP contribution in [0.2, 0.25) is 0 Å². The van der Waals surface area contributed by atoms with Crippen molar-refractivity contribution in [2.45, 2.75) is 33.1 Å². The Balaban J connectivity index is 0.00000338. The highest BCUT2D eigenvalue weighted by molar-refractivity contribution is 14.0. The third-order valence-electron chi connectivity index (χ3n) is 4.14. The number of hydrogen-bond acceptors (Lipinski definition) is 3. The highest BCUT2D eigenvalue weighted by atomic mass is 127. The Hall–Kier alpha value is -1.51. The van der Waals surface area contributed by atoms with Gasteiger partial charge < -0.3 is 20.3 Å². The molecule has 1 fully saturated rings. The summed E-state index contributed by atoms with van der Waals surface area (Å²) in [4.78, 5) is 18.3. The van der Waals surface area contributed by atoms with Crippen molar-refractivity contribution in [3.05, 3.63) is 29.8 Å². The van der Waals surface area contributed by atoms with E-state index in [-0.39, 0.29) is 36.4 Å². The number of aliphatic imine (C=N–C) groups is 1. The second-order valence-electron chi connectivity index (χ2n) is 6.18. The van der Waals surface area contributed by atoms with E-state index >= 15 is 0 Å². The average molecular weight is 474 g/mol. The summed E-state index contributed by atoms with van der Waals surface area (Å²) in [6, 6.07) is 8.01. The molecule has 0 aliphatic carbocycles. The van der Waals surface area contributed by atoms with E-state index in [1.54, 1.807) is 0 Å². The van der Waals surface area contributed by atoms with Crippen molar-refractivity contribution in [1.82, 2.24) is 15.5 Å². The number of hydrogen-bond donors (Lipinski definition) is 2. The zero-order valence-corrected chi connectivity index (χ0v) is 18.1. The molecule has 0 radical (unpaired) electrons. The van der Waals surface area contributed by atoms with Crippen molar-refractivity contribution >= 4 is 35.8 Å². The smallest absolute Gasteiger partial charge is 0.244 e. The number of ether oxygens (including phenoxy) is 1. The number of amides is 1. The van der Waals surface area contributed by atoms with Crippen molar-refractivity contribution in [2.75, 3.05) is 39.3 Å². The lowest BCUT2D eigenvalue weighted by Crippen LogP contribution is -2.39. The van der Waals surface area contributed by atoms with Crippen LogP contribution >= 0.6 is 24.0 Å². The monoisotopic (exact) mass is 474 g/mol. The second-order valence-corrected chi connectivity index (χ2v) is 6.18. The van der Waals surface area contributed by atoms with Crippen LogP contribution in [-0.2, 0) is 4.79 Å². The van der Waals surface area contributed by atoms with Crippen LogP contribution in [0.15, 0.2) is 29.3 Å². The number of nitrogens with one attached hydrogen (secondary N) is 2. The van der Waals surface area contributed by atoms with Gasteiger partial charge >= 0.3 is 0 Å². The van der Waals surface area contributed by atoms with E-state index in [2.05, 4.69) is 15.6 Å².